The van der Waals surface area contributed by atoms with Crippen molar-refractivity contribution in [2.24, 2.45) is 4.99 Å². The van der Waals surface area contributed by atoms with Gasteiger partial charge < -0.3 is 4.74 Å². The molecule has 0 bridgehead atoms. The third-order valence-corrected chi connectivity index (χ3v) is 4.46. The molecule has 3 aromatic rings. The second-order valence-electron chi connectivity index (χ2n) is 6.66. The largest absolute Gasteiger partial charge is 0.489 e. The summed E-state index contributed by atoms with van der Waals surface area (Å²) < 4.78 is 5.83. The Balaban J connectivity index is 1.61. The van der Waals surface area contributed by atoms with Crippen LogP contribution in [-0.4, -0.2) is 6.21 Å². The first-order chi connectivity index (χ1) is 12.6. The Morgan fingerprint density at radius 1 is 0.923 bits per heavy atom. The number of hydrogen-bond acceptors (Lipinski definition) is 2. The Bertz CT molecular complexity index is 866. The summed E-state index contributed by atoms with van der Waals surface area (Å²) in [6, 6.07) is 24.9. The van der Waals surface area contributed by atoms with E-state index < -0.39 is 0 Å². The molecule has 0 saturated heterocycles. The van der Waals surface area contributed by atoms with Crippen LogP contribution in [0.4, 0.5) is 0 Å². The lowest BCUT2D eigenvalue weighted by atomic mass is 10.0. The van der Waals surface area contributed by atoms with E-state index in [0.29, 0.717) is 6.61 Å². The minimum atomic E-state index is 0.143. The second kappa shape index (κ2) is 8.48. The van der Waals surface area contributed by atoms with Crippen molar-refractivity contribution < 1.29 is 4.74 Å². The standard InChI is InChI=1S/C24H25NO/c1-18-9-10-19(2)24(15-18)20(3)25-16-21-11-13-23(14-12-21)26-17-22-7-5-4-6-8-22/h4-16,20H,17H2,1-3H3/b25-16-. The first-order valence-electron chi connectivity index (χ1n) is 8.99. The van der Waals surface area contributed by atoms with E-state index in [0.717, 1.165) is 11.3 Å². The first-order valence-corrected chi connectivity index (χ1v) is 8.99. The molecule has 0 aliphatic rings. The van der Waals surface area contributed by atoms with Gasteiger partial charge in [0.25, 0.3) is 0 Å². The number of aryl methyl sites for hydroxylation is 2. The van der Waals surface area contributed by atoms with Crippen molar-refractivity contribution in [1.82, 2.24) is 0 Å². The summed E-state index contributed by atoms with van der Waals surface area (Å²) in [6.45, 7) is 6.97. The SMILES string of the molecule is Cc1ccc(C)c(C(C)/N=C\c2ccc(OCc3ccccc3)cc2)c1. The van der Waals surface area contributed by atoms with E-state index >= 15 is 0 Å². The van der Waals surface area contributed by atoms with Crippen LogP contribution in [0.15, 0.2) is 77.8 Å². The number of nitrogens with zero attached hydrogens (tertiary/aromatic N) is 1. The van der Waals surface area contributed by atoms with Crippen molar-refractivity contribution in [2.75, 3.05) is 0 Å². The van der Waals surface area contributed by atoms with Gasteiger partial charge >= 0.3 is 0 Å². The van der Waals surface area contributed by atoms with Gasteiger partial charge in [0.05, 0.1) is 6.04 Å². The van der Waals surface area contributed by atoms with Crippen LogP contribution < -0.4 is 4.74 Å². The van der Waals surface area contributed by atoms with Crippen molar-refractivity contribution in [3.63, 3.8) is 0 Å². The van der Waals surface area contributed by atoms with Gasteiger partial charge in [0.2, 0.25) is 0 Å². The van der Waals surface area contributed by atoms with Crippen LogP contribution in [0.2, 0.25) is 0 Å². The highest BCUT2D eigenvalue weighted by Gasteiger charge is 2.06. The zero-order valence-corrected chi connectivity index (χ0v) is 15.6. The quantitative estimate of drug-likeness (QED) is 0.498. The van der Waals surface area contributed by atoms with E-state index in [9.17, 15) is 0 Å². The summed E-state index contributed by atoms with van der Waals surface area (Å²) >= 11 is 0. The van der Waals surface area contributed by atoms with Gasteiger partial charge in [-0.05, 0) is 67.3 Å². The molecule has 0 radical (unpaired) electrons. The molecule has 0 amide bonds. The van der Waals surface area contributed by atoms with Gasteiger partial charge in [-0.15, -0.1) is 0 Å². The van der Waals surface area contributed by atoms with Crippen LogP contribution in [0.5, 0.6) is 5.75 Å². The highest BCUT2D eigenvalue weighted by Crippen LogP contribution is 2.22. The number of benzene rings is 3. The number of ether oxygens (including phenoxy) is 1. The van der Waals surface area contributed by atoms with E-state index in [1.54, 1.807) is 0 Å². The lowest BCUT2D eigenvalue weighted by molar-refractivity contribution is 0.306. The minimum Gasteiger partial charge on any atom is -0.489 e. The van der Waals surface area contributed by atoms with Gasteiger partial charge in [0.15, 0.2) is 0 Å². The summed E-state index contributed by atoms with van der Waals surface area (Å²) in [7, 11) is 0. The summed E-state index contributed by atoms with van der Waals surface area (Å²) in [5, 5.41) is 0. The lowest BCUT2D eigenvalue weighted by Gasteiger charge is -2.11. The fourth-order valence-electron chi connectivity index (χ4n) is 2.88. The molecule has 0 aliphatic carbocycles. The molecule has 2 nitrogen and oxygen atoms in total. The van der Waals surface area contributed by atoms with Crippen LogP contribution >= 0.6 is 0 Å². The van der Waals surface area contributed by atoms with E-state index in [2.05, 4.69) is 51.1 Å². The summed E-state index contributed by atoms with van der Waals surface area (Å²) in [5.41, 5.74) is 6.08. The van der Waals surface area contributed by atoms with E-state index in [-0.39, 0.29) is 6.04 Å². The monoisotopic (exact) mass is 343 g/mol. The van der Waals surface area contributed by atoms with E-state index in [4.69, 9.17) is 9.73 Å². The zero-order chi connectivity index (χ0) is 18.4. The zero-order valence-electron chi connectivity index (χ0n) is 15.6. The Morgan fingerprint density at radius 3 is 2.38 bits per heavy atom. The molecular formula is C24H25NO. The molecule has 0 heterocycles. The lowest BCUT2D eigenvalue weighted by Crippen LogP contribution is -1.96. The third kappa shape index (κ3) is 4.82. The van der Waals surface area contributed by atoms with Crippen LogP contribution in [0.3, 0.4) is 0 Å². The first kappa shape index (κ1) is 17.9. The van der Waals surface area contributed by atoms with Crippen LogP contribution in [0.25, 0.3) is 0 Å². The average molecular weight is 343 g/mol. The van der Waals surface area contributed by atoms with Gasteiger partial charge in [-0.25, -0.2) is 0 Å². The predicted molar refractivity (Wildman–Crippen MR) is 109 cm³/mol. The maximum Gasteiger partial charge on any atom is 0.119 e. The van der Waals surface area contributed by atoms with Gasteiger partial charge in [0, 0.05) is 6.21 Å². The van der Waals surface area contributed by atoms with Gasteiger partial charge in [0.1, 0.15) is 12.4 Å². The smallest absolute Gasteiger partial charge is 0.119 e. The predicted octanol–water partition coefficient (Wildman–Crippen LogP) is 6.06. The minimum absolute atomic E-state index is 0.143. The highest BCUT2D eigenvalue weighted by atomic mass is 16.5. The molecule has 3 aromatic carbocycles. The molecule has 0 aromatic heterocycles. The molecule has 0 saturated carbocycles. The van der Waals surface area contributed by atoms with E-state index in [1.807, 2.05) is 48.7 Å². The molecule has 0 spiro atoms. The summed E-state index contributed by atoms with van der Waals surface area (Å²) in [4.78, 5) is 4.72. The van der Waals surface area contributed by atoms with Crippen molar-refractivity contribution >= 4 is 6.21 Å². The molecular weight excluding hydrogens is 318 g/mol. The van der Waals surface area contributed by atoms with Crippen molar-refractivity contribution in [2.45, 2.75) is 33.4 Å². The maximum absolute atomic E-state index is 5.83. The fourth-order valence-corrected chi connectivity index (χ4v) is 2.88. The molecule has 0 fully saturated rings. The summed E-state index contributed by atoms with van der Waals surface area (Å²) in [5.74, 6) is 0.869. The molecule has 1 atom stereocenters. The molecule has 132 valence electrons. The van der Waals surface area contributed by atoms with Crippen molar-refractivity contribution in [3.05, 3.63) is 101 Å². The van der Waals surface area contributed by atoms with Crippen LogP contribution in [0, 0.1) is 13.8 Å². The highest BCUT2D eigenvalue weighted by molar-refractivity contribution is 5.80. The summed E-state index contributed by atoms with van der Waals surface area (Å²) in [6.07, 6.45) is 1.94. The Morgan fingerprint density at radius 2 is 1.65 bits per heavy atom. The Kier molecular flexibility index (Phi) is 5.85. The Hall–Kier alpha value is -2.87. The van der Waals surface area contributed by atoms with Crippen molar-refractivity contribution in [3.8, 4) is 5.75 Å². The van der Waals surface area contributed by atoms with Crippen LogP contribution in [-0.2, 0) is 6.61 Å². The molecule has 2 heteroatoms. The normalized spacial score (nSPS) is 12.3. The van der Waals surface area contributed by atoms with Gasteiger partial charge in [-0.1, -0.05) is 54.1 Å². The number of aliphatic imine (C=N–C) groups is 1. The Labute approximate surface area is 156 Å². The number of rotatable bonds is 6. The van der Waals surface area contributed by atoms with Gasteiger partial charge in [-0.3, -0.25) is 4.99 Å². The fraction of sp³-hybridized carbons (Fsp3) is 0.208. The van der Waals surface area contributed by atoms with Gasteiger partial charge in [-0.2, -0.15) is 0 Å². The molecule has 3 rings (SSSR count). The maximum atomic E-state index is 5.83. The molecule has 26 heavy (non-hydrogen) atoms. The van der Waals surface area contributed by atoms with Crippen molar-refractivity contribution in [1.29, 1.82) is 0 Å². The molecule has 0 aliphatic heterocycles. The third-order valence-electron chi connectivity index (χ3n) is 4.46. The second-order valence-corrected chi connectivity index (χ2v) is 6.66. The van der Waals surface area contributed by atoms with E-state index in [1.165, 1.54) is 22.3 Å². The molecule has 0 N–H and O–H groups in total. The topological polar surface area (TPSA) is 21.6 Å². The van der Waals surface area contributed by atoms with Crippen LogP contribution in [0.1, 0.15) is 40.8 Å². The molecule has 1 unspecified atom stereocenters. The number of hydrogen-bond donors (Lipinski definition) is 0. The average Bonchev–Trinajstić information content (AvgIpc) is 2.68.